The van der Waals surface area contributed by atoms with Gasteiger partial charge in [-0.1, -0.05) is 26.0 Å². The molecule has 0 aliphatic rings. The maximum absolute atomic E-state index is 8.94. The number of benzene rings is 1. The molecule has 0 atom stereocenters. The van der Waals surface area contributed by atoms with E-state index in [1.54, 1.807) is 7.11 Å². The van der Waals surface area contributed by atoms with Gasteiger partial charge < -0.3 is 9.84 Å². The van der Waals surface area contributed by atoms with Crippen LogP contribution in [0.15, 0.2) is 18.2 Å². The van der Waals surface area contributed by atoms with Gasteiger partial charge in [0.1, 0.15) is 5.75 Å². The normalized spacial score (nSPS) is 11.2. The molecule has 17 heavy (non-hydrogen) atoms. The maximum atomic E-state index is 8.94. The molecule has 1 aromatic carbocycles. The van der Waals surface area contributed by atoms with E-state index in [2.05, 4.69) is 26.0 Å². The Hall–Kier alpha value is -1.06. The van der Waals surface area contributed by atoms with Crippen LogP contribution in [0.25, 0.3) is 0 Å². The SMILES string of the molecule is COc1ccc(CCN(C)CO)cc1C(C)C. The molecule has 0 aromatic heterocycles. The molecule has 0 aliphatic carbocycles. The zero-order valence-corrected chi connectivity index (χ0v) is 11.2. The Balaban J connectivity index is 2.78. The van der Waals surface area contributed by atoms with Gasteiger partial charge in [0.2, 0.25) is 0 Å². The van der Waals surface area contributed by atoms with Crippen LogP contribution in [-0.4, -0.2) is 37.4 Å². The Morgan fingerprint density at radius 2 is 2.06 bits per heavy atom. The monoisotopic (exact) mass is 237 g/mol. The number of hydrogen-bond acceptors (Lipinski definition) is 3. The van der Waals surface area contributed by atoms with E-state index >= 15 is 0 Å². The van der Waals surface area contributed by atoms with Crippen molar-refractivity contribution in [3.8, 4) is 5.75 Å². The lowest BCUT2D eigenvalue weighted by atomic mass is 9.98. The first-order valence-corrected chi connectivity index (χ1v) is 6.04. The fourth-order valence-electron chi connectivity index (χ4n) is 1.78. The van der Waals surface area contributed by atoms with Crippen LogP contribution < -0.4 is 4.74 Å². The van der Waals surface area contributed by atoms with Gasteiger partial charge in [-0.15, -0.1) is 0 Å². The van der Waals surface area contributed by atoms with Gasteiger partial charge in [0.25, 0.3) is 0 Å². The molecule has 1 aromatic rings. The quantitative estimate of drug-likeness (QED) is 0.770. The molecule has 0 unspecified atom stereocenters. The maximum Gasteiger partial charge on any atom is 0.122 e. The van der Waals surface area contributed by atoms with Crippen molar-refractivity contribution in [1.29, 1.82) is 0 Å². The number of nitrogens with zero attached hydrogens (tertiary/aromatic N) is 1. The van der Waals surface area contributed by atoms with E-state index in [1.807, 2.05) is 18.0 Å². The third kappa shape index (κ3) is 4.02. The lowest BCUT2D eigenvalue weighted by Crippen LogP contribution is -2.21. The summed E-state index contributed by atoms with van der Waals surface area (Å²) in [6.07, 6.45) is 0.945. The van der Waals surface area contributed by atoms with Gasteiger partial charge in [-0.05, 0) is 36.6 Å². The number of likely N-dealkylation sites (N-methyl/N-ethyl adjacent to an activating group) is 1. The van der Waals surface area contributed by atoms with E-state index in [1.165, 1.54) is 11.1 Å². The Morgan fingerprint density at radius 1 is 1.35 bits per heavy atom. The standard InChI is InChI=1S/C14H23NO2/c1-11(2)13-9-12(5-6-14(13)17-4)7-8-15(3)10-16/h5-6,9,11,16H,7-8,10H2,1-4H3. The molecule has 1 N–H and O–H groups in total. The van der Waals surface area contributed by atoms with Crippen molar-refractivity contribution in [2.45, 2.75) is 26.2 Å². The van der Waals surface area contributed by atoms with Crippen molar-refractivity contribution < 1.29 is 9.84 Å². The van der Waals surface area contributed by atoms with Crippen LogP contribution in [0.5, 0.6) is 5.75 Å². The molecule has 0 spiro atoms. The molecule has 3 nitrogen and oxygen atoms in total. The fourth-order valence-corrected chi connectivity index (χ4v) is 1.78. The Bertz CT molecular complexity index is 350. The molecule has 0 amide bonds. The minimum atomic E-state index is 0.104. The summed E-state index contributed by atoms with van der Waals surface area (Å²) in [6, 6.07) is 6.33. The minimum absolute atomic E-state index is 0.104. The van der Waals surface area contributed by atoms with E-state index in [0.717, 1.165) is 18.7 Å². The number of rotatable bonds is 6. The lowest BCUT2D eigenvalue weighted by molar-refractivity contribution is 0.134. The summed E-state index contributed by atoms with van der Waals surface area (Å²) in [5.74, 6) is 1.42. The van der Waals surface area contributed by atoms with Gasteiger partial charge in [0, 0.05) is 6.54 Å². The van der Waals surface area contributed by atoms with Gasteiger partial charge in [-0.25, -0.2) is 0 Å². The van der Waals surface area contributed by atoms with E-state index in [-0.39, 0.29) is 6.73 Å². The van der Waals surface area contributed by atoms with Crippen molar-refractivity contribution in [2.75, 3.05) is 27.4 Å². The Kier molecular flexibility index (Phi) is 5.45. The van der Waals surface area contributed by atoms with Gasteiger partial charge in [-0.2, -0.15) is 0 Å². The number of methoxy groups -OCH3 is 1. The van der Waals surface area contributed by atoms with Crippen LogP contribution in [-0.2, 0) is 6.42 Å². The first-order valence-electron chi connectivity index (χ1n) is 6.04. The molecule has 0 heterocycles. The summed E-state index contributed by atoms with van der Waals surface area (Å²) in [4.78, 5) is 1.89. The van der Waals surface area contributed by atoms with Crippen molar-refractivity contribution >= 4 is 0 Å². The molecule has 0 radical (unpaired) electrons. The zero-order valence-electron chi connectivity index (χ0n) is 11.2. The van der Waals surface area contributed by atoms with E-state index < -0.39 is 0 Å². The summed E-state index contributed by atoms with van der Waals surface area (Å²) in [5.41, 5.74) is 2.53. The number of aliphatic hydroxyl groups excluding tert-OH is 1. The summed E-state index contributed by atoms with van der Waals surface area (Å²) in [7, 11) is 3.62. The van der Waals surface area contributed by atoms with Crippen LogP contribution in [0, 0.1) is 0 Å². The Labute approximate surface area is 104 Å². The Morgan fingerprint density at radius 3 is 2.59 bits per heavy atom. The first-order chi connectivity index (χ1) is 8.08. The summed E-state index contributed by atoms with van der Waals surface area (Å²) < 4.78 is 5.36. The molecule has 0 bridgehead atoms. The topological polar surface area (TPSA) is 32.7 Å². The van der Waals surface area contributed by atoms with Gasteiger partial charge >= 0.3 is 0 Å². The predicted molar refractivity (Wildman–Crippen MR) is 70.5 cm³/mol. The van der Waals surface area contributed by atoms with Gasteiger partial charge in [0.15, 0.2) is 0 Å². The van der Waals surface area contributed by atoms with E-state index in [4.69, 9.17) is 9.84 Å². The second-order valence-corrected chi connectivity index (χ2v) is 4.70. The van der Waals surface area contributed by atoms with Crippen LogP contribution >= 0.6 is 0 Å². The largest absolute Gasteiger partial charge is 0.496 e. The van der Waals surface area contributed by atoms with Crippen LogP contribution in [0.1, 0.15) is 30.9 Å². The van der Waals surface area contributed by atoms with Crippen molar-refractivity contribution in [2.24, 2.45) is 0 Å². The predicted octanol–water partition coefficient (Wildman–Crippen LogP) is 2.24. The average molecular weight is 237 g/mol. The molecule has 0 saturated heterocycles. The van der Waals surface area contributed by atoms with Crippen molar-refractivity contribution in [3.05, 3.63) is 29.3 Å². The van der Waals surface area contributed by atoms with E-state index in [0.29, 0.717) is 5.92 Å². The van der Waals surface area contributed by atoms with E-state index in [9.17, 15) is 0 Å². The van der Waals surface area contributed by atoms with Crippen LogP contribution in [0.2, 0.25) is 0 Å². The number of ether oxygens (including phenoxy) is 1. The highest BCUT2D eigenvalue weighted by atomic mass is 16.5. The second-order valence-electron chi connectivity index (χ2n) is 4.70. The highest BCUT2D eigenvalue weighted by Gasteiger charge is 2.08. The highest BCUT2D eigenvalue weighted by Crippen LogP contribution is 2.27. The summed E-state index contributed by atoms with van der Waals surface area (Å²) >= 11 is 0. The molecule has 3 heteroatoms. The third-order valence-corrected chi connectivity index (χ3v) is 2.94. The lowest BCUT2D eigenvalue weighted by Gasteiger charge is -2.16. The molecule has 96 valence electrons. The molecular formula is C14H23NO2. The van der Waals surface area contributed by atoms with Crippen molar-refractivity contribution in [1.82, 2.24) is 4.90 Å². The van der Waals surface area contributed by atoms with Gasteiger partial charge in [-0.3, -0.25) is 4.90 Å². The molecule has 0 aliphatic heterocycles. The molecule has 0 saturated carbocycles. The van der Waals surface area contributed by atoms with Crippen molar-refractivity contribution in [3.63, 3.8) is 0 Å². The summed E-state index contributed by atoms with van der Waals surface area (Å²) in [6.45, 7) is 5.30. The second kappa shape index (κ2) is 6.62. The molecule has 0 fully saturated rings. The third-order valence-electron chi connectivity index (χ3n) is 2.94. The first kappa shape index (κ1) is 14.0. The average Bonchev–Trinajstić information content (AvgIpc) is 2.35. The fraction of sp³-hybridized carbons (Fsp3) is 0.571. The highest BCUT2D eigenvalue weighted by molar-refractivity contribution is 5.39. The number of aliphatic hydroxyl groups is 1. The molecular weight excluding hydrogens is 214 g/mol. The zero-order chi connectivity index (χ0) is 12.8. The minimum Gasteiger partial charge on any atom is -0.496 e. The van der Waals surface area contributed by atoms with Gasteiger partial charge in [0.05, 0.1) is 13.8 Å². The van der Waals surface area contributed by atoms with Crippen LogP contribution in [0.3, 0.4) is 0 Å². The van der Waals surface area contributed by atoms with Crippen LogP contribution in [0.4, 0.5) is 0 Å². The number of hydrogen-bond donors (Lipinski definition) is 1. The smallest absolute Gasteiger partial charge is 0.122 e. The summed E-state index contributed by atoms with van der Waals surface area (Å²) in [5, 5.41) is 8.94. The molecule has 1 rings (SSSR count).